The third-order valence-electron chi connectivity index (χ3n) is 5.36. The van der Waals surface area contributed by atoms with Gasteiger partial charge in [-0.1, -0.05) is 23.8 Å². The molecule has 2 aromatic rings. The molecule has 1 aliphatic heterocycles. The van der Waals surface area contributed by atoms with E-state index >= 15 is 0 Å². The molecule has 0 spiro atoms. The van der Waals surface area contributed by atoms with Crippen molar-refractivity contribution < 1.29 is 22.0 Å². The molecule has 1 N–H and O–H groups in total. The van der Waals surface area contributed by atoms with Gasteiger partial charge in [-0.2, -0.15) is 4.31 Å². The van der Waals surface area contributed by atoms with Crippen molar-refractivity contribution in [2.45, 2.75) is 31.7 Å². The number of carbonyl (C=O) groups is 1. The molecule has 0 bridgehead atoms. The Labute approximate surface area is 175 Å². The van der Waals surface area contributed by atoms with Crippen LogP contribution in [0.25, 0.3) is 0 Å². The van der Waals surface area contributed by atoms with Gasteiger partial charge in [0.2, 0.25) is 15.9 Å². The number of hydrogen-bond donors (Lipinski definition) is 1. The molecule has 162 valence electrons. The molecule has 1 fully saturated rings. The molecule has 1 saturated heterocycles. The van der Waals surface area contributed by atoms with Crippen LogP contribution in [0.2, 0.25) is 0 Å². The predicted molar refractivity (Wildman–Crippen MR) is 111 cm³/mol. The highest BCUT2D eigenvalue weighted by atomic mass is 32.2. The number of piperazine rings is 1. The highest BCUT2D eigenvalue weighted by Gasteiger charge is 2.32. The molecule has 30 heavy (non-hydrogen) atoms. The number of hydrogen-bond acceptors (Lipinski definition) is 4. The lowest BCUT2D eigenvalue weighted by molar-refractivity contribution is -0.121. The number of sulfonamides is 1. The normalized spacial score (nSPS) is 17.0. The Hall–Kier alpha value is -2.36. The van der Waals surface area contributed by atoms with Gasteiger partial charge in [0.25, 0.3) is 0 Å². The quantitative estimate of drug-likeness (QED) is 0.781. The van der Waals surface area contributed by atoms with Crippen LogP contribution in [0.3, 0.4) is 0 Å². The largest absolute Gasteiger partial charge is 0.320 e. The van der Waals surface area contributed by atoms with Crippen LogP contribution in [0.1, 0.15) is 18.1 Å². The number of aryl methyl sites for hydroxylation is 2. The maximum atomic E-state index is 13.8. The number of halogens is 2. The van der Waals surface area contributed by atoms with E-state index in [2.05, 4.69) is 5.32 Å². The minimum absolute atomic E-state index is 0.224. The van der Waals surface area contributed by atoms with Crippen molar-refractivity contribution in [3.05, 3.63) is 59.2 Å². The summed E-state index contributed by atoms with van der Waals surface area (Å²) in [4.78, 5) is 14.5. The molecular formula is C21H25F2N3O3S. The second-order valence-corrected chi connectivity index (χ2v) is 9.38. The van der Waals surface area contributed by atoms with Gasteiger partial charge in [0.05, 0.1) is 10.9 Å². The zero-order valence-electron chi connectivity index (χ0n) is 17.2. The third kappa shape index (κ3) is 4.53. The van der Waals surface area contributed by atoms with E-state index in [0.29, 0.717) is 18.7 Å². The standard InChI is InChI=1S/C21H25F2N3O3S/c1-14-7-8-19(15(2)13-14)30(28,29)26-11-9-25(10-12-26)16(3)21(27)24-20-17(22)5-4-6-18(20)23/h4-8,13,16H,9-12H2,1-3H3,(H,24,27). The zero-order valence-corrected chi connectivity index (χ0v) is 18.0. The summed E-state index contributed by atoms with van der Waals surface area (Å²) in [5.74, 6) is -2.25. The molecule has 1 heterocycles. The number of amides is 1. The fourth-order valence-corrected chi connectivity index (χ4v) is 5.20. The number of carbonyl (C=O) groups excluding carboxylic acids is 1. The Balaban J connectivity index is 1.65. The summed E-state index contributed by atoms with van der Waals surface area (Å²) >= 11 is 0. The lowest BCUT2D eigenvalue weighted by atomic mass is 10.2. The molecular weight excluding hydrogens is 412 g/mol. The van der Waals surface area contributed by atoms with E-state index in [1.165, 1.54) is 10.4 Å². The van der Waals surface area contributed by atoms with Gasteiger partial charge in [-0.3, -0.25) is 9.69 Å². The molecule has 1 atom stereocenters. The van der Waals surface area contributed by atoms with E-state index in [4.69, 9.17) is 0 Å². The number of nitrogens with zero attached hydrogens (tertiary/aromatic N) is 2. The Morgan fingerprint density at radius 2 is 1.63 bits per heavy atom. The van der Waals surface area contributed by atoms with E-state index < -0.39 is 39.3 Å². The molecule has 0 aliphatic carbocycles. The first kappa shape index (κ1) is 22.3. The second-order valence-electron chi connectivity index (χ2n) is 7.47. The van der Waals surface area contributed by atoms with Gasteiger partial charge in [0.1, 0.15) is 17.3 Å². The topological polar surface area (TPSA) is 69.7 Å². The highest BCUT2D eigenvalue weighted by Crippen LogP contribution is 2.23. The minimum Gasteiger partial charge on any atom is -0.320 e. The van der Waals surface area contributed by atoms with E-state index in [0.717, 1.165) is 17.7 Å². The van der Waals surface area contributed by atoms with Crippen molar-refractivity contribution in [3.63, 3.8) is 0 Å². The van der Waals surface area contributed by atoms with E-state index in [1.54, 1.807) is 30.9 Å². The summed E-state index contributed by atoms with van der Waals surface area (Å²) in [5.41, 5.74) is 1.20. The maximum Gasteiger partial charge on any atom is 0.243 e. The number of para-hydroxylation sites is 1. The second kappa shape index (κ2) is 8.79. The van der Waals surface area contributed by atoms with Crippen LogP contribution in [-0.4, -0.2) is 55.8 Å². The van der Waals surface area contributed by atoms with E-state index in [9.17, 15) is 22.0 Å². The molecule has 1 amide bonds. The van der Waals surface area contributed by atoms with Gasteiger partial charge in [-0.25, -0.2) is 17.2 Å². The first-order valence-electron chi connectivity index (χ1n) is 9.67. The summed E-state index contributed by atoms with van der Waals surface area (Å²) < 4.78 is 54.9. The summed E-state index contributed by atoms with van der Waals surface area (Å²) in [6, 6.07) is 7.90. The number of benzene rings is 2. The highest BCUT2D eigenvalue weighted by molar-refractivity contribution is 7.89. The third-order valence-corrected chi connectivity index (χ3v) is 7.42. The van der Waals surface area contributed by atoms with Gasteiger partial charge >= 0.3 is 0 Å². The molecule has 0 aromatic heterocycles. The SMILES string of the molecule is Cc1ccc(S(=O)(=O)N2CCN(C(C)C(=O)Nc3c(F)cccc3F)CC2)c(C)c1. The van der Waals surface area contributed by atoms with Crippen LogP contribution in [-0.2, 0) is 14.8 Å². The summed E-state index contributed by atoms with van der Waals surface area (Å²) in [7, 11) is -3.63. The van der Waals surface area contributed by atoms with Gasteiger partial charge in [-0.15, -0.1) is 0 Å². The van der Waals surface area contributed by atoms with Crippen LogP contribution in [0, 0.1) is 25.5 Å². The molecule has 6 nitrogen and oxygen atoms in total. The molecule has 1 aliphatic rings. The first-order valence-corrected chi connectivity index (χ1v) is 11.1. The van der Waals surface area contributed by atoms with Gasteiger partial charge in [-0.05, 0) is 44.5 Å². The average Bonchev–Trinajstić information content (AvgIpc) is 2.70. The predicted octanol–water partition coefficient (Wildman–Crippen LogP) is 2.92. The number of anilines is 1. The van der Waals surface area contributed by atoms with Gasteiger partial charge in [0, 0.05) is 26.2 Å². The van der Waals surface area contributed by atoms with Crippen LogP contribution in [0.15, 0.2) is 41.3 Å². The van der Waals surface area contributed by atoms with Crippen molar-refractivity contribution in [2.24, 2.45) is 0 Å². The van der Waals surface area contributed by atoms with Crippen molar-refractivity contribution in [1.29, 1.82) is 0 Å². The number of nitrogens with one attached hydrogen (secondary N) is 1. The fourth-order valence-electron chi connectivity index (χ4n) is 3.57. The smallest absolute Gasteiger partial charge is 0.243 e. The van der Waals surface area contributed by atoms with Crippen LogP contribution in [0.5, 0.6) is 0 Å². The van der Waals surface area contributed by atoms with Crippen molar-refractivity contribution in [3.8, 4) is 0 Å². The van der Waals surface area contributed by atoms with Crippen molar-refractivity contribution >= 4 is 21.6 Å². The summed E-state index contributed by atoms with van der Waals surface area (Å²) in [6.07, 6.45) is 0. The fraction of sp³-hybridized carbons (Fsp3) is 0.381. The molecule has 2 aromatic carbocycles. The summed E-state index contributed by atoms with van der Waals surface area (Å²) in [5, 5.41) is 2.29. The molecule has 9 heteroatoms. The van der Waals surface area contributed by atoms with Gasteiger partial charge < -0.3 is 5.32 Å². The Morgan fingerprint density at radius 1 is 1.03 bits per heavy atom. The van der Waals surface area contributed by atoms with Gasteiger partial charge in [0.15, 0.2) is 0 Å². The lowest BCUT2D eigenvalue weighted by Gasteiger charge is -2.36. The minimum atomic E-state index is -3.63. The van der Waals surface area contributed by atoms with Crippen molar-refractivity contribution in [1.82, 2.24) is 9.21 Å². The first-order chi connectivity index (χ1) is 14.1. The number of rotatable bonds is 5. The molecule has 0 radical (unpaired) electrons. The lowest BCUT2D eigenvalue weighted by Crippen LogP contribution is -2.54. The molecule has 1 unspecified atom stereocenters. The Bertz CT molecular complexity index is 1030. The van der Waals surface area contributed by atoms with E-state index in [-0.39, 0.29) is 18.0 Å². The monoisotopic (exact) mass is 437 g/mol. The van der Waals surface area contributed by atoms with E-state index in [1.807, 2.05) is 13.0 Å². The Morgan fingerprint density at radius 3 is 2.20 bits per heavy atom. The van der Waals surface area contributed by atoms with Crippen LogP contribution >= 0.6 is 0 Å². The maximum absolute atomic E-state index is 13.8. The molecule has 0 saturated carbocycles. The molecule has 3 rings (SSSR count). The van der Waals surface area contributed by atoms with Crippen LogP contribution in [0.4, 0.5) is 14.5 Å². The van der Waals surface area contributed by atoms with Crippen LogP contribution < -0.4 is 5.32 Å². The van der Waals surface area contributed by atoms with Crippen molar-refractivity contribution in [2.75, 3.05) is 31.5 Å². The average molecular weight is 438 g/mol. The summed E-state index contributed by atoms with van der Waals surface area (Å²) in [6.45, 7) is 6.41. The zero-order chi connectivity index (χ0) is 22.1. The Kier molecular flexibility index (Phi) is 6.54.